The molecule has 0 heterocycles. The normalized spacial score (nSPS) is 10.2. The van der Waals surface area contributed by atoms with Crippen LogP contribution in [0, 0.1) is 11.9 Å². The van der Waals surface area contributed by atoms with Crippen LogP contribution in [0.3, 0.4) is 0 Å². The van der Waals surface area contributed by atoms with Crippen molar-refractivity contribution in [2.24, 2.45) is 0 Å². The molecular weight excluding hydrogens is 251 g/mol. The van der Waals surface area contributed by atoms with Crippen LogP contribution in [-0.2, 0) is 0 Å². The van der Waals surface area contributed by atoms with Gasteiger partial charge >= 0.3 is 0 Å². The lowest BCUT2D eigenvalue weighted by Gasteiger charge is -2.11. The zero-order valence-corrected chi connectivity index (χ0v) is 10.7. The maximum absolute atomic E-state index is 13.2. The van der Waals surface area contributed by atoms with Gasteiger partial charge in [-0.25, -0.2) is 4.39 Å². The van der Waals surface area contributed by atoms with Crippen LogP contribution >= 0.6 is 0 Å². The summed E-state index contributed by atoms with van der Waals surface area (Å²) < 4.78 is 19.0. The first-order chi connectivity index (χ1) is 9.83. The van der Waals surface area contributed by atoms with E-state index < -0.39 is 0 Å². The van der Waals surface area contributed by atoms with Gasteiger partial charge in [-0.15, -0.1) is 0 Å². The van der Waals surface area contributed by atoms with E-state index in [0.29, 0.717) is 11.5 Å². The summed E-state index contributed by atoms with van der Waals surface area (Å²) in [5.74, 6) is 0.815. The van der Waals surface area contributed by atoms with Crippen molar-refractivity contribution in [3.05, 3.63) is 84.7 Å². The highest BCUT2D eigenvalue weighted by molar-refractivity contribution is 5.70. The summed E-state index contributed by atoms with van der Waals surface area (Å²) in [6.07, 6.45) is 0. The molecule has 0 N–H and O–H groups in total. The monoisotopic (exact) mass is 263 g/mol. The van der Waals surface area contributed by atoms with Crippen molar-refractivity contribution >= 4 is 0 Å². The van der Waals surface area contributed by atoms with Crippen LogP contribution in [0.4, 0.5) is 4.39 Å². The number of hydrogen-bond donors (Lipinski definition) is 0. The van der Waals surface area contributed by atoms with E-state index in [-0.39, 0.29) is 5.82 Å². The highest BCUT2D eigenvalue weighted by Gasteiger charge is 2.06. The van der Waals surface area contributed by atoms with Gasteiger partial charge < -0.3 is 4.74 Å². The van der Waals surface area contributed by atoms with Gasteiger partial charge in [0.1, 0.15) is 17.3 Å². The van der Waals surface area contributed by atoms with E-state index in [1.165, 1.54) is 12.1 Å². The van der Waals surface area contributed by atoms with E-state index in [4.69, 9.17) is 4.74 Å². The minimum Gasteiger partial charge on any atom is -0.457 e. The second kappa shape index (κ2) is 5.57. The molecule has 20 heavy (non-hydrogen) atoms. The molecule has 2 heteroatoms. The third-order valence-electron chi connectivity index (χ3n) is 2.93. The van der Waals surface area contributed by atoms with Crippen LogP contribution in [0.5, 0.6) is 11.5 Å². The van der Waals surface area contributed by atoms with Crippen LogP contribution in [0.15, 0.2) is 72.8 Å². The minimum absolute atomic E-state index is 0.316. The summed E-state index contributed by atoms with van der Waals surface area (Å²) in [5.41, 5.74) is 2.00. The fraction of sp³-hybridized carbons (Fsp3) is 0. The Morgan fingerprint density at radius 3 is 2.55 bits per heavy atom. The Morgan fingerprint density at radius 1 is 0.900 bits per heavy atom. The summed E-state index contributed by atoms with van der Waals surface area (Å²) in [5, 5.41) is 0. The standard InChI is InChI=1S/C18H12FO/c19-15-9-6-10-16(13-15)20-18-12-5-4-11-17(18)14-7-2-1-3-8-14/h1-4,6-13H. The summed E-state index contributed by atoms with van der Waals surface area (Å²) >= 11 is 0. The molecule has 0 fully saturated rings. The predicted octanol–water partition coefficient (Wildman–Crippen LogP) is 5.09. The topological polar surface area (TPSA) is 9.23 Å². The first-order valence-corrected chi connectivity index (χ1v) is 6.32. The van der Waals surface area contributed by atoms with E-state index in [9.17, 15) is 4.39 Å². The van der Waals surface area contributed by atoms with Crippen molar-refractivity contribution < 1.29 is 9.13 Å². The molecule has 0 unspecified atom stereocenters. The molecule has 0 atom stereocenters. The van der Waals surface area contributed by atoms with Crippen molar-refractivity contribution in [1.82, 2.24) is 0 Å². The fourth-order valence-corrected chi connectivity index (χ4v) is 2.01. The first kappa shape index (κ1) is 12.4. The maximum atomic E-state index is 13.2. The van der Waals surface area contributed by atoms with Crippen molar-refractivity contribution in [2.75, 3.05) is 0 Å². The van der Waals surface area contributed by atoms with E-state index in [2.05, 4.69) is 6.07 Å². The van der Waals surface area contributed by atoms with Gasteiger partial charge in [-0.1, -0.05) is 48.5 Å². The molecular formula is C18H12FO. The van der Waals surface area contributed by atoms with Gasteiger partial charge in [0.15, 0.2) is 0 Å². The lowest BCUT2D eigenvalue weighted by molar-refractivity contribution is 0.478. The largest absolute Gasteiger partial charge is 0.457 e. The summed E-state index contributed by atoms with van der Waals surface area (Å²) in [4.78, 5) is 0. The van der Waals surface area contributed by atoms with E-state index in [0.717, 1.165) is 11.1 Å². The van der Waals surface area contributed by atoms with Crippen LogP contribution in [-0.4, -0.2) is 0 Å². The summed E-state index contributed by atoms with van der Waals surface area (Å²) in [7, 11) is 0. The molecule has 0 aliphatic heterocycles. The Hall–Kier alpha value is -2.61. The maximum Gasteiger partial charge on any atom is 0.135 e. The molecule has 3 aromatic rings. The molecule has 1 nitrogen and oxygen atoms in total. The Bertz CT molecular complexity index is 707. The average molecular weight is 263 g/mol. The quantitative estimate of drug-likeness (QED) is 0.640. The molecule has 3 aromatic carbocycles. The molecule has 3 rings (SSSR count). The predicted molar refractivity (Wildman–Crippen MR) is 77.2 cm³/mol. The lowest BCUT2D eigenvalue weighted by atomic mass is 10.1. The lowest BCUT2D eigenvalue weighted by Crippen LogP contribution is -1.88. The Labute approximate surface area is 117 Å². The number of ether oxygens (including phenoxy) is 1. The van der Waals surface area contributed by atoms with E-state index in [1.807, 2.05) is 42.5 Å². The molecule has 0 saturated carbocycles. The van der Waals surface area contributed by atoms with Crippen molar-refractivity contribution in [1.29, 1.82) is 0 Å². The second-order valence-electron chi connectivity index (χ2n) is 4.35. The van der Waals surface area contributed by atoms with Gasteiger partial charge in [-0.05, 0) is 29.8 Å². The molecule has 0 bridgehead atoms. The van der Waals surface area contributed by atoms with Crippen molar-refractivity contribution in [3.8, 4) is 22.6 Å². The first-order valence-electron chi connectivity index (χ1n) is 6.32. The second-order valence-corrected chi connectivity index (χ2v) is 4.35. The van der Waals surface area contributed by atoms with Gasteiger partial charge in [-0.3, -0.25) is 0 Å². The number of benzene rings is 3. The molecule has 0 amide bonds. The third kappa shape index (κ3) is 2.69. The molecule has 0 saturated heterocycles. The molecule has 0 aliphatic rings. The molecule has 0 spiro atoms. The molecule has 1 radical (unpaired) electrons. The van der Waals surface area contributed by atoms with Crippen LogP contribution in [0.1, 0.15) is 0 Å². The summed E-state index contributed by atoms with van der Waals surface area (Å²) in [6, 6.07) is 24.5. The molecule has 0 aromatic heterocycles. The van der Waals surface area contributed by atoms with Gasteiger partial charge in [0.25, 0.3) is 0 Å². The van der Waals surface area contributed by atoms with E-state index in [1.54, 1.807) is 18.2 Å². The zero-order chi connectivity index (χ0) is 13.8. The smallest absolute Gasteiger partial charge is 0.135 e. The van der Waals surface area contributed by atoms with Gasteiger partial charge in [-0.2, -0.15) is 0 Å². The SMILES string of the molecule is Fc1cccc(Oc2c[c]ccc2-c2ccccc2)c1. The van der Waals surface area contributed by atoms with Crippen LogP contribution in [0.25, 0.3) is 11.1 Å². The van der Waals surface area contributed by atoms with Gasteiger partial charge in [0, 0.05) is 11.6 Å². The molecule has 0 aliphatic carbocycles. The Balaban J connectivity index is 1.99. The van der Waals surface area contributed by atoms with Crippen molar-refractivity contribution in [3.63, 3.8) is 0 Å². The third-order valence-corrected chi connectivity index (χ3v) is 2.93. The average Bonchev–Trinajstić information content (AvgIpc) is 2.49. The Kier molecular flexibility index (Phi) is 3.46. The Morgan fingerprint density at radius 2 is 1.75 bits per heavy atom. The number of hydrogen-bond acceptors (Lipinski definition) is 1. The van der Waals surface area contributed by atoms with Crippen LogP contribution in [0.2, 0.25) is 0 Å². The fourth-order valence-electron chi connectivity index (χ4n) is 2.01. The highest BCUT2D eigenvalue weighted by atomic mass is 19.1. The number of halogens is 1. The number of rotatable bonds is 3. The highest BCUT2D eigenvalue weighted by Crippen LogP contribution is 2.32. The molecule has 97 valence electrons. The van der Waals surface area contributed by atoms with Gasteiger partial charge in [0.2, 0.25) is 0 Å². The summed E-state index contributed by atoms with van der Waals surface area (Å²) in [6.45, 7) is 0. The van der Waals surface area contributed by atoms with Gasteiger partial charge in [0.05, 0.1) is 0 Å². The van der Waals surface area contributed by atoms with Crippen LogP contribution < -0.4 is 4.74 Å². The van der Waals surface area contributed by atoms with Crippen molar-refractivity contribution in [2.45, 2.75) is 0 Å². The minimum atomic E-state index is -0.316. The van der Waals surface area contributed by atoms with E-state index >= 15 is 0 Å². The zero-order valence-electron chi connectivity index (χ0n) is 10.7.